The van der Waals surface area contributed by atoms with Crippen molar-refractivity contribution in [2.75, 3.05) is 11.9 Å². The molecule has 0 radical (unpaired) electrons. The van der Waals surface area contributed by atoms with E-state index in [0.717, 1.165) is 4.47 Å². The average molecular weight is 439 g/mol. The van der Waals surface area contributed by atoms with Gasteiger partial charge in [-0.05, 0) is 30.3 Å². The van der Waals surface area contributed by atoms with Crippen LogP contribution in [0, 0.1) is 0 Å². The van der Waals surface area contributed by atoms with Crippen LogP contribution in [0.15, 0.2) is 45.4 Å². The van der Waals surface area contributed by atoms with Gasteiger partial charge in [0.15, 0.2) is 5.75 Å². The molecule has 0 aliphatic heterocycles. The van der Waals surface area contributed by atoms with Gasteiger partial charge in [0.25, 0.3) is 12.4 Å². The molecular formula is C17H13BrF2N4O3. The molecule has 0 amide bonds. The molecule has 7 nitrogen and oxygen atoms in total. The maximum atomic E-state index is 12.5. The highest BCUT2D eigenvalue weighted by Gasteiger charge is 2.17. The van der Waals surface area contributed by atoms with Crippen LogP contribution in [-0.4, -0.2) is 28.7 Å². The van der Waals surface area contributed by atoms with Gasteiger partial charge in [-0.1, -0.05) is 15.9 Å². The molecule has 0 N–H and O–H groups in total. The fraction of sp³-hybridized carbons (Fsp3) is 0.176. The number of rotatable bonds is 7. The molecule has 140 valence electrons. The van der Waals surface area contributed by atoms with Gasteiger partial charge in [-0.25, -0.2) is 0 Å². The van der Waals surface area contributed by atoms with Crippen molar-refractivity contribution >= 4 is 28.1 Å². The molecular weight excluding hydrogens is 426 g/mol. The lowest BCUT2D eigenvalue weighted by Crippen LogP contribution is -2.18. The molecule has 2 aromatic heterocycles. The van der Waals surface area contributed by atoms with Crippen molar-refractivity contribution in [1.29, 1.82) is 0 Å². The molecule has 0 atom stereocenters. The van der Waals surface area contributed by atoms with Crippen molar-refractivity contribution in [3.8, 4) is 17.2 Å². The van der Waals surface area contributed by atoms with E-state index in [4.69, 9.17) is 9.15 Å². The summed E-state index contributed by atoms with van der Waals surface area (Å²) >= 11 is 3.33. The van der Waals surface area contributed by atoms with Gasteiger partial charge < -0.3 is 14.1 Å². The number of anilines is 1. The fourth-order valence-corrected chi connectivity index (χ4v) is 2.70. The number of hydrogen-bond acceptors (Lipinski definition) is 7. The molecule has 0 aliphatic rings. The zero-order chi connectivity index (χ0) is 19.4. The molecule has 0 aliphatic carbocycles. The lowest BCUT2D eigenvalue weighted by atomic mass is 10.2. The van der Waals surface area contributed by atoms with Gasteiger partial charge in [-0.15, -0.1) is 10.2 Å². The van der Waals surface area contributed by atoms with Crippen molar-refractivity contribution in [3.05, 3.63) is 52.6 Å². The van der Waals surface area contributed by atoms with E-state index >= 15 is 0 Å². The van der Waals surface area contributed by atoms with E-state index < -0.39 is 12.3 Å². The number of carbonyl (C=O) groups excluding carboxylic acids is 1. The molecule has 10 heteroatoms. The molecule has 0 fully saturated rings. The second-order valence-corrected chi connectivity index (χ2v) is 6.38. The monoisotopic (exact) mass is 438 g/mol. The molecule has 0 bridgehead atoms. The van der Waals surface area contributed by atoms with Crippen molar-refractivity contribution in [3.63, 3.8) is 0 Å². The third-order valence-electron chi connectivity index (χ3n) is 3.61. The minimum absolute atomic E-state index is 0.0210. The average Bonchev–Trinajstić information content (AvgIpc) is 3.13. The number of benzene rings is 1. The van der Waals surface area contributed by atoms with Crippen LogP contribution in [0.1, 0.15) is 18.0 Å². The normalized spacial score (nSPS) is 10.9. The van der Waals surface area contributed by atoms with Crippen molar-refractivity contribution in [2.24, 2.45) is 0 Å². The van der Waals surface area contributed by atoms with E-state index in [1.807, 2.05) is 24.1 Å². The predicted octanol–water partition coefficient (Wildman–Crippen LogP) is 4.00. The van der Waals surface area contributed by atoms with E-state index in [1.54, 1.807) is 18.2 Å². The largest absolute Gasteiger partial charge is 0.426 e. The van der Waals surface area contributed by atoms with Gasteiger partial charge >= 0.3 is 6.43 Å². The summed E-state index contributed by atoms with van der Waals surface area (Å²) in [6, 6.07) is 8.70. The Bertz CT molecular complexity index is 934. The van der Waals surface area contributed by atoms with Gasteiger partial charge in [0.05, 0.1) is 23.5 Å². The van der Waals surface area contributed by atoms with Crippen molar-refractivity contribution in [1.82, 2.24) is 15.2 Å². The second kappa shape index (κ2) is 8.21. The first-order chi connectivity index (χ1) is 13.0. The molecule has 0 spiro atoms. The predicted molar refractivity (Wildman–Crippen MR) is 95.4 cm³/mol. The summed E-state index contributed by atoms with van der Waals surface area (Å²) in [4.78, 5) is 16.8. The van der Waals surface area contributed by atoms with E-state index in [0.29, 0.717) is 35.7 Å². The highest BCUT2D eigenvalue weighted by Crippen LogP contribution is 2.31. The van der Waals surface area contributed by atoms with Gasteiger partial charge in [0, 0.05) is 17.7 Å². The van der Waals surface area contributed by atoms with E-state index in [-0.39, 0.29) is 5.89 Å². The fourth-order valence-electron chi connectivity index (χ4n) is 2.36. The Balaban J connectivity index is 1.75. The highest BCUT2D eigenvalue weighted by molar-refractivity contribution is 9.10. The first kappa shape index (κ1) is 18.9. The topological polar surface area (TPSA) is 81.3 Å². The molecule has 0 saturated heterocycles. The molecule has 2 heterocycles. The van der Waals surface area contributed by atoms with Crippen LogP contribution in [0.25, 0.3) is 11.5 Å². The summed E-state index contributed by atoms with van der Waals surface area (Å²) in [6.07, 6.45) is -1.35. The maximum absolute atomic E-state index is 12.5. The summed E-state index contributed by atoms with van der Waals surface area (Å²) in [6.45, 7) is 0.785. The zero-order valence-electron chi connectivity index (χ0n) is 14.0. The van der Waals surface area contributed by atoms with Crippen molar-refractivity contribution in [2.45, 2.75) is 13.0 Å². The lowest BCUT2D eigenvalue weighted by molar-refractivity contribution is -0.120. The smallest absolute Gasteiger partial charge is 0.314 e. The Kier molecular flexibility index (Phi) is 5.75. The number of ether oxygens (including phenoxy) is 1. The third-order valence-corrected chi connectivity index (χ3v) is 4.10. The molecule has 0 unspecified atom stereocenters. The summed E-state index contributed by atoms with van der Waals surface area (Å²) < 4.78 is 35.7. The first-order valence-electron chi connectivity index (χ1n) is 7.65. The first-order valence-corrected chi connectivity index (χ1v) is 8.45. The van der Waals surface area contributed by atoms with Gasteiger partial charge in [-0.2, -0.15) is 8.78 Å². The number of halogens is 3. The van der Waals surface area contributed by atoms with Crippen LogP contribution in [0.2, 0.25) is 0 Å². The number of aromatic nitrogens is 3. The minimum atomic E-state index is -2.82. The SMILES string of the molecule is CN(Cc1ccc(-c2nnc(C(F)F)o2)cn1)c1ccc(Br)cc1OC=O. The standard InChI is InChI=1S/C17H13BrF2N4O3/c1-24(13-5-3-11(18)6-14(13)26-9-25)8-12-4-2-10(7-21-12)16-22-23-17(27-16)15(19)20/h2-7,9,15H,8H2,1H3. The quantitative estimate of drug-likeness (QED) is 0.515. The summed E-state index contributed by atoms with van der Waals surface area (Å²) in [5.41, 5.74) is 1.85. The Labute approximate surface area is 161 Å². The highest BCUT2D eigenvalue weighted by atomic mass is 79.9. The number of carbonyl (C=O) groups is 1. The Morgan fingerprint density at radius 3 is 2.74 bits per heavy atom. The zero-order valence-corrected chi connectivity index (χ0v) is 15.6. The summed E-state index contributed by atoms with van der Waals surface area (Å²) in [5, 5.41) is 6.87. The Hall–Kier alpha value is -2.88. The maximum Gasteiger partial charge on any atom is 0.314 e. The van der Waals surface area contributed by atoms with Crippen LogP contribution < -0.4 is 9.64 Å². The summed E-state index contributed by atoms with van der Waals surface area (Å²) in [7, 11) is 1.82. The lowest BCUT2D eigenvalue weighted by Gasteiger charge is -2.21. The molecule has 0 saturated carbocycles. The Morgan fingerprint density at radius 2 is 2.11 bits per heavy atom. The molecule has 1 aromatic carbocycles. The van der Waals surface area contributed by atoms with Gasteiger partial charge in [-0.3, -0.25) is 9.78 Å². The molecule has 3 rings (SSSR count). The minimum Gasteiger partial charge on any atom is -0.426 e. The van der Waals surface area contributed by atoms with E-state index in [2.05, 4.69) is 31.1 Å². The second-order valence-electron chi connectivity index (χ2n) is 5.47. The van der Waals surface area contributed by atoms with E-state index in [1.165, 1.54) is 6.20 Å². The van der Waals surface area contributed by atoms with Gasteiger partial charge in [0.1, 0.15) is 0 Å². The van der Waals surface area contributed by atoms with Crippen LogP contribution in [-0.2, 0) is 11.3 Å². The summed E-state index contributed by atoms with van der Waals surface area (Å²) in [5.74, 6) is -0.345. The van der Waals surface area contributed by atoms with E-state index in [9.17, 15) is 13.6 Å². The number of pyridine rings is 1. The van der Waals surface area contributed by atoms with Crippen LogP contribution >= 0.6 is 15.9 Å². The van der Waals surface area contributed by atoms with Crippen LogP contribution in [0.3, 0.4) is 0 Å². The van der Waals surface area contributed by atoms with Gasteiger partial charge in [0.2, 0.25) is 5.89 Å². The number of alkyl halides is 2. The van der Waals surface area contributed by atoms with Crippen LogP contribution in [0.5, 0.6) is 5.75 Å². The number of hydrogen-bond donors (Lipinski definition) is 0. The molecule has 3 aromatic rings. The third kappa shape index (κ3) is 4.45. The molecule has 27 heavy (non-hydrogen) atoms. The Morgan fingerprint density at radius 1 is 1.30 bits per heavy atom. The van der Waals surface area contributed by atoms with Crippen LogP contribution in [0.4, 0.5) is 14.5 Å². The number of nitrogens with zero attached hydrogens (tertiary/aromatic N) is 4. The van der Waals surface area contributed by atoms with Crippen molar-refractivity contribution < 1.29 is 22.7 Å².